The number of piperidine rings is 3. The zero-order valence-electron chi connectivity index (χ0n) is 13.6. The number of rotatable bonds is 4. The van der Waals surface area contributed by atoms with Gasteiger partial charge >= 0.3 is 11.8 Å². The molecule has 1 atom stereocenters. The molecule has 7 heteroatoms. The fraction of sp³-hybridized carbons (Fsp3) is 0.389. The van der Waals surface area contributed by atoms with Crippen molar-refractivity contribution in [3.05, 3.63) is 41.9 Å². The van der Waals surface area contributed by atoms with Crippen LogP contribution in [0.15, 0.2) is 34.9 Å². The molecule has 0 saturated carbocycles. The minimum absolute atomic E-state index is 0.0523. The number of fused-ring (bicyclic) bond motifs is 3. The van der Waals surface area contributed by atoms with Crippen LogP contribution in [0.1, 0.15) is 29.1 Å². The molecule has 0 radical (unpaired) electrons. The van der Waals surface area contributed by atoms with Gasteiger partial charge in [0.15, 0.2) is 6.07 Å². The zero-order chi connectivity index (χ0) is 17.2. The standard InChI is InChI=1S/C18H18N4O3/c19-9-16-20-10-17(25-16)24-14-3-1-13(2-4-14)18(23)21-15-11-22-7-5-12(15)6-8-22/h1-4,10,12,15H,5-8,11H2,(H,21,23)/t15-/m0/s1. The molecule has 3 fully saturated rings. The normalized spacial score (nSPS) is 24.5. The van der Waals surface area contributed by atoms with Crippen LogP contribution in [-0.2, 0) is 0 Å². The molecule has 2 aromatic rings. The van der Waals surface area contributed by atoms with Crippen molar-refractivity contribution in [2.45, 2.75) is 18.9 Å². The quantitative estimate of drug-likeness (QED) is 0.918. The van der Waals surface area contributed by atoms with Gasteiger partial charge in [0.25, 0.3) is 5.91 Å². The minimum Gasteiger partial charge on any atom is -0.425 e. The Labute approximate surface area is 145 Å². The number of hydrogen-bond acceptors (Lipinski definition) is 6. The summed E-state index contributed by atoms with van der Waals surface area (Å²) in [5.41, 5.74) is 0.596. The van der Waals surface area contributed by atoms with Crippen molar-refractivity contribution in [2.75, 3.05) is 19.6 Å². The maximum Gasteiger partial charge on any atom is 0.311 e. The Kier molecular flexibility index (Phi) is 4.12. The first kappa shape index (κ1) is 15.7. The van der Waals surface area contributed by atoms with Crippen LogP contribution in [0.2, 0.25) is 0 Å². The predicted octanol–water partition coefficient (Wildman–Crippen LogP) is 2.16. The van der Waals surface area contributed by atoms with E-state index in [4.69, 9.17) is 14.4 Å². The van der Waals surface area contributed by atoms with Crippen LogP contribution in [0.4, 0.5) is 0 Å². The largest absolute Gasteiger partial charge is 0.425 e. The summed E-state index contributed by atoms with van der Waals surface area (Å²) in [5, 5.41) is 11.8. The number of benzene rings is 1. The zero-order valence-corrected chi connectivity index (χ0v) is 13.6. The number of amides is 1. The molecule has 1 aromatic carbocycles. The summed E-state index contributed by atoms with van der Waals surface area (Å²) in [5.74, 6) is 1.14. The van der Waals surface area contributed by atoms with Crippen molar-refractivity contribution in [3.8, 4) is 17.8 Å². The number of carbonyl (C=O) groups is 1. The minimum atomic E-state index is -0.0586. The Hall–Kier alpha value is -2.85. The van der Waals surface area contributed by atoms with Gasteiger partial charge in [-0.05, 0) is 56.1 Å². The molecule has 1 N–H and O–H groups in total. The molecule has 5 rings (SSSR count). The van der Waals surface area contributed by atoms with Crippen molar-refractivity contribution in [3.63, 3.8) is 0 Å². The highest BCUT2D eigenvalue weighted by Crippen LogP contribution is 2.28. The third-order valence-electron chi connectivity index (χ3n) is 4.89. The Balaban J connectivity index is 1.38. The summed E-state index contributed by atoms with van der Waals surface area (Å²) in [6.07, 6.45) is 3.67. The number of hydrogen-bond donors (Lipinski definition) is 1. The Morgan fingerprint density at radius 2 is 2.08 bits per heavy atom. The van der Waals surface area contributed by atoms with Gasteiger partial charge < -0.3 is 19.4 Å². The lowest BCUT2D eigenvalue weighted by molar-refractivity contribution is 0.0620. The number of nitriles is 1. The summed E-state index contributed by atoms with van der Waals surface area (Å²) in [7, 11) is 0. The molecule has 3 aliphatic rings. The van der Waals surface area contributed by atoms with Crippen LogP contribution in [0, 0.1) is 17.2 Å². The average Bonchev–Trinajstić information content (AvgIpc) is 3.11. The van der Waals surface area contributed by atoms with E-state index in [-0.39, 0.29) is 23.8 Å². The van der Waals surface area contributed by atoms with Gasteiger partial charge in [0, 0.05) is 18.2 Å². The second-order valence-corrected chi connectivity index (χ2v) is 6.44. The topological polar surface area (TPSA) is 91.4 Å². The first-order chi connectivity index (χ1) is 12.2. The highest BCUT2D eigenvalue weighted by Gasteiger charge is 2.34. The van der Waals surface area contributed by atoms with Gasteiger partial charge in [-0.25, -0.2) is 4.98 Å². The van der Waals surface area contributed by atoms with Crippen LogP contribution in [-0.4, -0.2) is 41.5 Å². The molecule has 3 saturated heterocycles. The van der Waals surface area contributed by atoms with E-state index >= 15 is 0 Å². The first-order valence-electron chi connectivity index (χ1n) is 8.38. The molecule has 0 unspecified atom stereocenters. The first-order valence-corrected chi connectivity index (χ1v) is 8.38. The Morgan fingerprint density at radius 3 is 2.68 bits per heavy atom. The fourth-order valence-electron chi connectivity index (χ4n) is 3.53. The molecule has 128 valence electrons. The summed E-state index contributed by atoms with van der Waals surface area (Å²) in [6.45, 7) is 3.25. The van der Waals surface area contributed by atoms with Crippen molar-refractivity contribution in [1.82, 2.24) is 15.2 Å². The number of oxazole rings is 1. The van der Waals surface area contributed by atoms with E-state index in [1.54, 1.807) is 30.3 Å². The molecule has 7 nitrogen and oxygen atoms in total. The van der Waals surface area contributed by atoms with E-state index in [1.165, 1.54) is 19.0 Å². The van der Waals surface area contributed by atoms with Crippen molar-refractivity contribution < 1.29 is 13.9 Å². The van der Waals surface area contributed by atoms with Crippen LogP contribution in [0.25, 0.3) is 0 Å². The number of aromatic nitrogens is 1. The fourth-order valence-corrected chi connectivity index (χ4v) is 3.53. The van der Waals surface area contributed by atoms with E-state index < -0.39 is 0 Å². The lowest BCUT2D eigenvalue weighted by Crippen LogP contribution is -2.57. The van der Waals surface area contributed by atoms with E-state index in [2.05, 4.69) is 15.2 Å². The molecule has 4 heterocycles. The van der Waals surface area contributed by atoms with Gasteiger partial charge in [-0.2, -0.15) is 5.26 Å². The van der Waals surface area contributed by atoms with Crippen molar-refractivity contribution in [2.24, 2.45) is 5.92 Å². The van der Waals surface area contributed by atoms with Gasteiger partial charge in [-0.1, -0.05) is 0 Å². The summed E-state index contributed by atoms with van der Waals surface area (Å²) >= 11 is 0. The molecule has 1 amide bonds. The lowest BCUT2D eigenvalue weighted by atomic mass is 9.84. The Bertz CT molecular complexity index is 800. The smallest absolute Gasteiger partial charge is 0.311 e. The highest BCUT2D eigenvalue weighted by atomic mass is 16.6. The van der Waals surface area contributed by atoms with Gasteiger partial charge in [0.2, 0.25) is 0 Å². The molecular formula is C18H18N4O3. The maximum atomic E-state index is 12.5. The van der Waals surface area contributed by atoms with Gasteiger partial charge in [0.05, 0.1) is 0 Å². The second-order valence-electron chi connectivity index (χ2n) is 6.44. The molecule has 1 aromatic heterocycles. The number of carbonyl (C=O) groups excluding carboxylic acids is 1. The molecule has 3 aliphatic heterocycles. The third kappa shape index (κ3) is 3.35. The van der Waals surface area contributed by atoms with Crippen molar-refractivity contribution >= 4 is 5.91 Å². The predicted molar refractivity (Wildman–Crippen MR) is 88.2 cm³/mol. The van der Waals surface area contributed by atoms with Gasteiger partial charge in [0.1, 0.15) is 11.9 Å². The van der Waals surface area contributed by atoms with Gasteiger partial charge in [-0.3, -0.25) is 4.79 Å². The Morgan fingerprint density at radius 1 is 1.32 bits per heavy atom. The monoisotopic (exact) mass is 338 g/mol. The average molecular weight is 338 g/mol. The van der Waals surface area contributed by atoms with E-state index in [1.807, 2.05) is 0 Å². The van der Waals surface area contributed by atoms with Crippen LogP contribution in [0.5, 0.6) is 11.7 Å². The molecule has 25 heavy (non-hydrogen) atoms. The van der Waals surface area contributed by atoms with Crippen LogP contribution in [0.3, 0.4) is 0 Å². The SMILES string of the molecule is N#Cc1ncc(Oc2ccc(C(=O)N[C@H]3CN4CCC3CC4)cc2)o1. The molecule has 0 aliphatic carbocycles. The molecule has 0 spiro atoms. The lowest BCUT2D eigenvalue weighted by Gasteiger charge is -2.44. The van der Waals surface area contributed by atoms with Crippen molar-refractivity contribution in [1.29, 1.82) is 5.26 Å². The van der Waals surface area contributed by atoms with E-state index in [0.717, 1.165) is 19.6 Å². The summed E-state index contributed by atoms with van der Waals surface area (Å²) in [6, 6.07) is 8.85. The van der Waals surface area contributed by atoms with E-state index in [9.17, 15) is 4.79 Å². The molecule has 2 bridgehead atoms. The van der Waals surface area contributed by atoms with E-state index in [0.29, 0.717) is 17.2 Å². The summed E-state index contributed by atoms with van der Waals surface area (Å²) < 4.78 is 10.5. The second kappa shape index (κ2) is 6.57. The third-order valence-corrected chi connectivity index (χ3v) is 4.89. The molecular weight excluding hydrogens is 320 g/mol. The van der Waals surface area contributed by atoms with Crippen LogP contribution < -0.4 is 10.1 Å². The maximum absolute atomic E-state index is 12.5. The summed E-state index contributed by atoms with van der Waals surface area (Å²) in [4.78, 5) is 18.6. The number of nitrogens with zero attached hydrogens (tertiary/aromatic N) is 3. The highest BCUT2D eigenvalue weighted by molar-refractivity contribution is 5.94. The van der Waals surface area contributed by atoms with Crippen LogP contribution >= 0.6 is 0 Å². The number of nitrogens with one attached hydrogen (secondary N) is 1. The number of ether oxygens (including phenoxy) is 1. The van der Waals surface area contributed by atoms with Gasteiger partial charge in [-0.15, -0.1) is 0 Å².